The van der Waals surface area contributed by atoms with E-state index in [1.165, 1.54) is 0 Å². The number of rotatable bonds is 2. The van der Waals surface area contributed by atoms with E-state index in [0.717, 1.165) is 22.9 Å². The molecule has 0 N–H and O–H groups in total. The first-order valence-corrected chi connectivity index (χ1v) is 5.48. The highest BCUT2D eigenvalue weighted by molar-refractivity contribution is 5.95. The van der Waals surface area contributed by atoms with Crippen molar-refractivity contribution in [2.24, 2.45) is 7.05 Å². The predicted octanol–water partition coefficient (Wildman–Crippen LogP) is 1.84. The number of aromatic nitrogens is 4. The number of hydrogen-bond donors (Lipinski definition) is 0. The number of fused-ring (bicyclic) bond motifs is 1. The normalized spacial score (nSPS) is 10.7. The Morgan fingerprint density at radius 3 is 2.78 bits per heavy atom. The Balaban J connectivity index is 2.32. The first-order chi connectivity index (χ1) is 8.79. The lowest BCUT2D eigenvalue weighted by Gasteiger charge is -2.04. The van der Waals surface area contributed by atoms with Crippen LogP contribution in [-0.2, 0) is 7.05 Å². The van der Waals surface area contributed by atoms with Gasteiger partial charge in [0.2, 0.25) is 0 Å². The molecule has 0 fully saturated rings. The molecule has 3 rings (SSSR count). The summed E-state index contributed by atoms with van der Waals surface area (Å²) in [4.78, 5) is 23.9. The van der Waals surface area contributed by atoms with E-state index in [9.17, 15) is 4.79 Å². The first kappa shape index (κ1) is 10.6. The zero-order valence-corrected chi connectivity index (χ0v) is 9.74. The highest BCUT2D eigenvalue weighted by Gasteiger charge is 2.10. The number of hydrogen-bond acceptors (Lipinski definition) is 4. The van der Waals surface area contributed by atoms with Crippen molar-refractivity contribution in [2.75, 3.05) is 0 Å². The molecule has 0 saturated carbocycles. The molecule has 2 aromatic heterocycles. The van der Waals surface area contributed by atoms with Gasteiger partial charge in [-0.3, -0.25) is 4.79 Å². The van der Waals surface area contributed by atoms with E-state index in [1.54, 1.807) is 12.5 Å². The number of imidazole rings is 1. The van der Waals surface area contributed by atoms with Crippen LogP contribution in [0.3, 0.4) is 0 Å². The van der Waals surface area contributed by atoms with Crippen LogP contribution < -0.4 is 0 Å². The molecule has 0 aliphatic carbocycles. The monoisotopic (exact) mass is 238 g/mol. The summed E-state index contributed by atoms with van der Waals surface area (Å²) in [6, 6.07) is 7.45. The average molecular weight is 238 g/mol. The molecule has 0 spiro atoms. The van der Waals surface area contributed by atoms with Crippen molar-refractivity contribution < 1.29 is 4.79 Å². The Kier molecular flexibility index (Phi) is 2.37. The number of carbonyl (C=O) groups is 1. The lowest BCUT2D eigenvalue weighted by Crippen LogP contribution is -1.99. The van der Waals surface area contributed by atoms with Gasteiger partial charge >= 0.3 is 0 Å². The Morgan fingerprint density at radius 2 is 2.06 bits per heavy atom. The second-order valence-corrected chi connectivity index (χ2v) is 3.96. The van der Waals surface area contributed by atoms with Crippen LogP contribution in [0.4, 0.5) is 0 Å². The van der Waals surface area contributed by atoms with Gasteiger partial charge in [0.1, 0.15) is 11.4 Å². The fourth-order valence-corrected chi connectivity index (χ4v) is 1.88. The van der Waals surface area contributed by atoms with Gasteiger partial charge in [-0.2, -0.15) is 0 Å². The lowest BCUT2D eigenvalue weighted by atomic mass is 10.2. The summed E-state index contributed by atoms with van der Waals surface area (Å²) in [6.07, 6.45) is 4.11. The van der Waals surface area contributed by atoms with Crippen molar-refractivity contribution in [3.8, 4) is 11.5 Å². The van der Waals surface area contributed by atoms with Crippen LogP contribution in [0.25, 0.3) is 22.4 Å². The van der Waals surface area contributed by atoms with Crippen molar-refractivity contribution in [3.63, 3.8) is 0 Å². The van der Waals surface area contributed by atoms with Crippen molar-refractivity contribution in [2.45, 2.75) is 0 Å². The molecule has 0 bridgehead atoms. The van der Waals surface area contributed by atoms with Gasteiger partial charge in [0.25, 0.3) is 0 Å². The van der Waals surface area contributed by atoms with Crippen molar-refractivity contribution in [3.05, 3.63) is 42.5 Å². The van der Waals surface area contributed by atoms with Gasteiger partial charge < -0.3 is 4.57 Å². The fraction of sp³-hybridized carbons (Fsp3) is 0.0769. The third-order valence-electron chi connectivity index (χ3n) is 2.79. The third kappa shape index (κ3) is 1.57. The van der Waals surface area contributed by atoms with E-state index >= 15 is 0 Å². The minimum Gasteiger partial charge on any atom is -0.331 e. The maximum absolute atomic E-state index is 11.1. The smallest absolute Gasteiger partial charge is 0.179 e. The van der Waals surface area contributed by atoms with Crippen LogP contribution >= 0.6 is 0 Å². The quantitative estimate of drug-likeness (QED) is 0.639. The van der Waals surface area contributed by atoms with E-state index in [0.29, 0.717) is 11.5 Å². The molecule has 18 heavy (non-hydrogen) atoms. The molecule has 3 aromatic rings. The van der Waals surface area contributed by atoms with E-state index in [4.69, 9.17) is 0 Å². The van der Waals surface area contributed by atoms with Gasteiger partial charge in [0.15, 0.2) is 12.1 Å². The van der Waals surface area contributed by atoms with Crippen LogP contribution in [0.2, 0.25) is 0 Å². The molecular weight excluding hydrogens is 228 g/mol. The SMILES string of the molecule is Cn1cncc1-c1nc(C=O)c2ccccc2n1. The van der Waals surface area contributed by atoms with Gasteiger partial charge in [-0.25, -0.2) is 15.0 Å². The third-order valence-corrected chi connectivity index (χ3v) is 2.79. The Bertz CT molecular complexity index is 733. The Labute approximate surface area is 103 Å². The Morgan fingerprint density at radius 1 is 1.22 bits per heavy atom. The Hall–Kier alpha value is -2.56. The highest BCUT2D eigenvalue weighted by atomic mass is 16.1. The summed E-state index contributed by atoms with van der Waals surface area (Å²) < 4.78 is 1.82. The maximum atomic E-state index is 11.1. The topological polar surface area (TPSA) is 60.7 Å². The zero-order valence-electron chi connectivity index (χ0n) is 9.74. The van der Waals surface area contributed by atoms with Crippen LogP contribution in [0.15, 0.2) is 36.8 Å². The summed E-state index contributed by atoms with van der Waals surface area (Å²) >= 11 is 0. The number of para-hydroxylation sites is 1. The molecule has 0 aliphatic rings. The van der Waals surface area contributed by atoms with E-state index in [-0.39, 0.29) is 0 Å². The lowest BCUT2D eigenvalue weighted by molar-refractivity contribution is 0.112. The van der Waals surface area contributed by atoms with Crippen LogP contribution in [-0.4, -0.2) is 25.8 Å². The first-order valence-electron chi connectivity index (χ1n) is 5.48. The second kappa shape index (κ2) is 4.03. The molecule has 0 saturated heterocycles. The summed E-state index contributed by atoms with van der Waals surface area (Å²) in [5, 5.41) is 0.762. The van der Waals surface area contributed by atoms with Crippen LogP contribution in [0.5, 0.6) is 0 Å². The largest absolute Gasteiger partial charge is 0.331 e. The standard InChI is InChI=1S/C13H10N4O/c1-17-8-14-6-12(17)13-15-10-5-3-2-4-9(10)11(7-18)16-13/h2-8H,1H3. The average Bonchev–Trinajstić information content (AvgIpc) is 2.83. The van der Waals surface area contributed by atoms with Gasteiger partial charge in [0, 0.05) is 12.4 Å². The summed E-state index contributed by atoms with van der Waals surface area (Å²) in [7, 11) is 1.86. The van der Waals surface area contributed by atoms with Crippen molar-refractivity contribution in [1.82, 2.24) is 19.5 Å². The number of nitrogens with zero attached hydrogens (tertiary/aromatic N) is 4. The highest BCUT2D eigenvalue weighted by Crippen LogP contribution is 2.19. The summed E-state index contributed by atoms with van der Waals surface area (Å²) in [5.41, 5.74) is 1.94. The maximum Gasteiger partial charge on any atom is 0.179 e. The number of aldehydes is 1. The van der Waals surface area contributed by atoms with Crippen LogP contribution in [0, 0.1) is 0 Å². The number of benzene rings is 1. The fourth-order valence-electron chi connectivity index (χ4n) is 1.88. The molecule has 88 valence electrons. The van der Waals surface area contributed by atoms with E-state index in [1.807, 2.05) is 35.9 Å². The van der Waals surface area contributed by atoms with Crippen LogP contribution in [0.1, 0.15) is 10.5 Å². The van der Waals surface area contributed by atoms with E-state index < -0.39 is 0 Å². The molecule has 5 heteroatoms. The van der Waals surface area contributed by atoms with Crippen molar-refractivity contribution in [1.29, 1.82) is 0 Å². The van der Waals surface area contributed by atoms with Crippen molar-refractivity contribution >= 4 is 17.2 Å². The molecule has 0 radical (unpaired) electrons. The van der Waals surface area contributed by atoms with Gasteiger partial charge in [0.05, 0.1) is 18.0 Å². The summed E-state index contributed by atoms with van der Waals surface area (Å²) in [6.45, 7) is 0. The summed E-state index contributed by atoms with van der Waals surface area (Å²) in [5.74, 6) is 0.510. The number of carbonyl (C=O) groups excluding carboxylic acids is 1. The molecule has 0 aliphatic heterocycles. The van der Waals surface area contributed by atoms with Gasteiger partial charge in [-0.05, 0) is 6.07 Å². The molecule has 0 unspecified atom stereocenters. The predicted molar refractivity (Wildman–Crippen MR) is 67.1 cm³/mol. The molecule has 0 amide bonds. The van der Waals surface area contributed by atoms with Gasteiger partial charge in [-0.1, -0.05) is 18.2 Å². The molecule has 2 heterocycles. The molecule has 1 aromatic carbocycles. The minimum atomic E-state index is 0.400. The second-order valence-electron chi connectivity index (χ2n) is 3.96. The minimum absolute atomic E-state index is 0.400. The molecular formula is C13H10N4O. The molecule has 5 nitrogen and oxygen atoms in total. The number of aryl methyl sites for hydroxylation is 1. The zero-order chi connectivity index (χ0) is 12.5. The van der Waals surface area contributed by atoms with Gasteiger partial charge in [-0.15, -0.1) is 0 Å². The molecule has 0 atom stereocenters. The van der Waals surface area contributed by atoms with E-state index in [2.05, 4.69) is 15.0 Å².